The number of pyridine rings is 1. The molecule has 0 radical (unpaired) electrons. The molecule has 1 N–H and O–H groups in total. The van der Waals surface area contributed by atoms with Gasteiger partial charge in [0.25, 0.3) is 5.69 Å². The van der Waals surface area contributed by atoms with Crippen molar-refractivity contribution in [3.05, 3.63) is 64.5 Å². The van der Waals surface area contributed by atoms with Crippen LogP contribution >= 0.6 is 0 Å². The number of alkyl halides is 1. The fourth-order valence-electron chi connectivity index (χ4n) is 3.75. The number of likely N-dealkylation sites (tertiary alicyclic amines) is 1. The van der Waals surface area contributed by atoms with Crippen LogP contribution in [0.2, 0.25) is 0 Å². The highest BCUT2D eigenvalue weighted by Gasteiger charge is 2.32. The summed E-state index contributed by atoms with van der Waals surface area (Å²) in [6.45, 7) is 0.454. The van der Waals surface area contributed by atoms with Crippen molar-refractivity contribution < 1.29 is 22.5 Å². The minimum absolute atomic E-state index is 0.0285. The highest BCUT2D eigenvalue weighted by molar-refractivity contribution is 7.89. The van der Waals surface area contributed by atoms with Crippen LogP contribution in [-0.2, 0) is 21.2 Å². The summed E-state index contributed by atoms with van der Waals surface area (Å²) in [7, 11) is -4.02. The number of nitrogens with one attached hydrogen (secondary N) is 1. The number of aromatic nitrogens is 1. The van der Waals surface area contributed by atoms with Gasteiger partial charge in [0.05, 0.1) is 11.6 Å². The molecule has 1 fully saturated rings. The number of piperidine rings is 1. The standard InChI is InChI=1S/C21H25FN4O5S/c22-10-7-16-8-12-25(13-9-16)21(27)20(14-17-3-5-18(6-4-17)26(28)29)24-32(30,31)19-2-1-11-23-15-19/h1-6,11,15-16,20,24H,7-10,12-14H2/t20-/m0/s1. The topological polar surface area (TPSA) is 123 Å². The molecular formula is C21H25FN4O5S. The molecule has 1 amide bonds. The number of rotatable bonds is 9. The summed E-state index contributed by atoms with van der Waals surface area (Å²) >= 11 is 0. The first-order valence-corrected chi connectivity index (χ1v) is 11.8. The number of amides is 1. The maximum atomic E-state index is 13.3. The number of hydrogen-bond acceptors (Lipinski definition) is 6. The van der Waals surface area contributed by atoms with Gasteiger partial charge in [0.15, 0.2) is 0 Å². The third kappa shape index (κ3) is 6.07. The van der Waals surface area contributed by atoms with Gasteiger partial charge in [0.2, 0.25) is 15.9 Å². The number of carbonyl (C=O) groups is 1. The highest BCUT2D eigenvalue weighted by Crippen LogP contribution is 2.22. The Kier molecular flexibility index (Phi) is 7.86. The number of non-ortho nitro benzene ring substituents is 1. The molecule has 9 nitrogen and oxygen atoms in total. The summed E-state index contributed by atoms with van der Waals surface area (Å²) in [5, 5.41) is 10.9. The van der Waals surface area contributed by atoms with Crippen LogP contribution in [0.1, 0.15) is 24.8 Å². The smallest absolute Gasteiger partial charge is 0.269 e. The number of sulfonamides is 1. The average Bonchev–Trinajstić information content (AvgIpc) is 2.80. The van der Waals surface area contributed by atoms with Gasteiger partial charge in [-0.1, -0.05) is 12.1 Å². The molecule has 2 aromatic rings. The zero-order chi connectivity index (χ0) is 23.1. The summed E-state index contributed by atoms with van der Waals surface area (Å²) in [5.74, 6) is -0.168. The van der Waals surface area contributed by atoms with Crippen LogP contribution in [0.4, 0.5) is 10.1 Å². The van der Waals surface area contributed by atoms with Gasteiger partial charge in [-0.05, 0) is 49.3 Å². The molecule has 0 spiro atoms. The third-order valence-electron chi connectivity index (χ3n) is 5.57. The van der Waals surface area contributed by atoms with Crippen molar-refractivity contribution in [3.8, 4) is 0 Å². The Hall–Kier alpha value is -2.92. The van der Waals surface area contributed by atoms with Crippen LogP contribution in [0.15, 0.2) is 53.7 Å². The highest BCUT2D eigenvalue weighted by atomic mass is 32.2. The van der Waals surface area contributed by atoms with E-state index < -0.39 is 27.7 Å². The average molecular weight is 465 g/mol. The zero-order valence-corrected chi connectivity index (χ0v) is 18.2. The molecule has 0 unspecified atom stereocenters. The quantitative estimate of drug-likeness (QED) is 0.449. The van der Waals surface area contributed by atoms with Gasteiger partial charge < -0.3 is 4.90 Å². The SMILES string of the molecule is O=C([C@H](Cc1ccc([N+](=O)[O-])cc1)NS(=O)(=O)c1cccnc1)N1CCC(CCF)CC1. The van der Waals surface area contributed by atoms with Crippen LogP contribution in [0.5, 0.6) is 0 Å². The molecule has 1 aromatic heterocycles. The summed E-state index contributed by atoms with van der Waals surface area (Å²) in [6.07, 6.45) is 4.45. The van der Waals surface area contributed by atoms with Gasteiger partial charge in [-0.3, -0.25) is 24.3 Å². The summed E-state index contributed by atoms with van der Waals surface area (Å²) in [4.78, 5) is 29.0. The molecule has 1 aliphatic rings. The fraction of sp³-hybridized carbons (Fsp3) is 0.429. The van der Waals surface area contributed by atoms with E-state index in [0.717, 1.165) is 0 Å². The van der Waals surface area contributed by atoms with E-state index in [9.17, 15) is 27.7 Å². The molecule has 172 valence electrons. The molecule has 2 heterocycles. The lowest BCUT2D eigenvalue weighted by molar-refractivity contribution is -0.384. The minimum Gasteiger partial charge on any atom is -0.341 e. The van der Waals surface area contributed by atoms with E-state index >= 15 is 0 Å². The molecule has 0 aliphatic carbocycles. The van der Waals surface area contributed by atoms with Crippen LogP contribution in [0, 0.1) is 16.0 Å². The Morgan fingerprint density at radius 2 is 1.94 bits per heavy atom. The van der Waals surface area contributed by atoms with Gasteiger partial charge >= 0.3 is 0 Å². The van der Waals surface area contributed by atoms with Crippen molar-refractivity contribution in [3.63, 3.8) is 0 Å². The Labute approximate surface area is 185 Å². The van der Waals surface area contributed by atoms with Crippen LogP contribution in [0.3, 0.4) is 0 Å². The number of hydrogen-bond donors (Lipinski definition) is 1. The second-order valence-corrected chi connectivity index (χ2v) is 9.45. The monoisotopic (exact) mass is 464 g/mol. The van der Waals surface area contributed by atoms with Gasteiger partial charge in [-0.15, -0.1) is 0 Å². The minimum atomic E-state index is -4.02. The van der Waals surface area contributed by atoms with E-state index in [1.807, 2.05) is 0 Å². The first-order valence-electron chi connectivity index (χ1n) is 10.3. The normalized spacial score (nSPS) is 16.0. The molecule has 1 saturated heterocycles. The van der Waals surface area contributed by atoms with E-state index in [1.165, 1.54) is 48.8 Å². The van der Waals surface area contributed by atoms with E-state index in [2.05, 4.69) is 9.71 Å². The molecule has 11 heteroatoms. The molecule has 3 rings (SSSR count). The van der Waals surface area contributed by atoms with Gasteiger partial charge in [0, 0.05) is 37.6 Å². The van der Waals surface area contributed by atoms with Crippen molar-refractivity contribution in [2.75, 3.05) is 19.8 Å². The predicted octanol–water partition coefficient (Wildman–Crippen LogP) is 2.48. The lowest BCUT2D eigenvalue weighted by atomic mass is 9.93. The number of nitrogens with zero attached hydrogens (tertiary/aromatic N) is 3. The Bertz CT molecular complexity index is 1030. The van der Waals surface area contributed by atoms with Gasteiger partial charge in [-0.25, -0.2) is 8.42 Å². The maximum absolute atomic E-state index is 13.3. The second kappa shape index (κ2) is 10.6. The Balaban J connectivity index is 1.80. The molecule has 1 aromatic carbocycles. The second-order valence-electron chi connectivity index (χ2n) is 7.74. The Morgan fingerprint density at radius 3 is 2.50 bits per heavy atom. The van der Waals surface area contributed by atoms with Gasteiger partial charge in [-0.2, -0.15) is 4.72 Å². The molecule has 32 heavy (non-hydrogen) atoms. The van der Waals surface area contributed by atoms with Crippen molar-refractivity contribution >= 4 is 21.6 Å². The number of benzene rings is 1. The third-order valence-corrected chi connectivity index (χ3v) is 7.03. The lowest BCUT2D eigenvalue weighted by Crippen LogP contribution is -2.51. The van der Waals surface area contributed by atoms with Crippen molar-refractivity contribution in [2.24, 2.45) is 5.92 Å². The van der Waals surface area contributed by atoms with E-state index in [1.54, 1.807) is 4.90 Å². The zero-order valence-electron chi connectivity index (χ0n) is 17.4. The molecular weight excluding hydrogens is 439 g/mol. The number of halogens is 1. The van der Waals surface area contributed by atoms with E-state index in [0.29, 0.717) is 37.9 Å². The van der Waals surface area contributed by atoms with Crippen molar-refractivity contribution in [1.82, 2.24) is 14.6 Å². The van der Waals surface area contributed by atoms with Crippen LogP contribution in [-0.4, -0.2) is 54.9 Å². The summed E-state index contributed by atoms with van der Waals surface area (Å²) in [5.41, 5.74) is 0.484. The first kappa shape index (κ1) is 23.7. The molecule has 0 saturated carbocycles. The van der Waals surface area contributed by atoms with Crippen molar-refractivity contribution in [1.29, 1.82) is 0 Å². The maximum Gasteiger partial charge on any atom is 0.269 e. The molecule has 1 aliphatic heterocycles. The molecule has 0 bridgehead atoms. The first-order chi connectivity index (χ1) is 15.3. The summed E-state index contributed by atoms with van der Waals surface area (Å²) in [6, 6.07) is 7.40. The number of carbonyl (C=O) groups excluding carboxylic acids is 1. The largest absolute Gasteiger partial charge is 0.341 e. The summed E-state index contributed by atoms with van der Waals surface area (Å²) < 4.78 is 40.8. The lowest BCUT2D eigenvalue weighted by Gasteiger charge is -2.34. The van der Waals surface area contributed by atoms with Crippen molar-refractivity contribution in [2.45, 2.75) is 36.6 Å². The van der Waals surface area contributed by atoms with E-state index in [-0.39, 0.29) is 28.8 Å². The van der Waals surface area contributed by atoms with Crippen LogP contribution < -0.4 is 4.72 Å². The number of nitro groups is 1. The fourth-order valence-corrected chi connectivity index (χ4v) is 4.90. The van der Waals surface area contributed by atoms with Crippen LogP contribution in [0.25, 0.3) is 0 Å². The van der Waals surface area contributed by atoms with Gasteiger partial charge in [0.1, 0.15) is 10.9 Å². The molecule has 1 atom stereocenters. The van der Waals surface area contributed by atoms with E-state index in [4.69, 9.17) is 0 Å². The predicted molar refractivity (Wildman–Crippen MR) is 115 cm³/mol. The number of nitro benzene ring substituents is 1. The Morgan fingerprint density at radius 1 is 1.25 bits per heavy atom.